The highest BCUT2D eigenvalue weighted by Crippen LogP contribution is 2.12. The van der Waals surface area contributed by atoms with Crippen LogP contribution in [0.3, 0.4) is 0 Å². The third-order valence-corrected chi connectivity index (χ3v) is 4.79. The van der Waals surface area contributed by atoms with Crippen molar-refractivity contribution in [3.8, 4) is 0 Å². The summed E-state index contributed by atoms with van der Waals surface area (Å²) in [6.07, 6.45) is 0.319. The zero-order chi connectivity index (χ0) is 19.6. The van der Waals surface area contributed by atoms with Crippen LogP contribution >= 0.6 is 24.0 Å². The Bertz CT molecular complexity index is 754. The number of benzene rings is 2. The number of ether oxygens (including phenoxy) is 1. The summed E-state index contributed by atoms with van der Waals surface area (Å²) in [4.78, 5) is 7.22. The van der Waals surface area contributed by atoms with Crippen molar-refractivity contribution < 1.29 is 4.74 Å². The summed E-state index contributed by atoms with van der Waals surface area (Å²) >= 11 is 0. The van der Waals surface area contributed by atoms with Crippen LogP contribution in [0.5, 0.6) is 0 Å². The van der Waals surface area contributed by atoms with Gasteiger partial charge in [-0.3, -0.25) is 4.90 Å². The fourth-order valence-corrected chi connectivity index (χ4v) is 3.41. The number of nitrogens with zero attached hydrogens (tertiary/aromatic N) is 2. The third-order valence-electron chi connectivity index (χ3n) is 4.79. The zero-order valence-electron chi connectivity index (χ0n) is 17.4. The van der Waals surface area contributed by atoms with E-state index in [9.17, 15) is 0 Å². The molecule has 0 aliphatic carbocycles. The van der Waals surface area contributed by atoms with Crippen LogP contribution in [0, 0.1) is 0 Å². The molecule has 0 radical (unpaired) electrons. The number of hydrogen-bond acceptors (Lipinski definition) is 3. The molecule has 0 spiro atoms. The molecule has 6 heteroatoms. The van der Waals surface area contributed by atoms with Gasteiger partial charge in [0.25, 0.3) is 0 Å². The molecule has 2 aromatic rings. The quantitative estimate of drug-likeness (QED) is 0.340. The van der Waals surface area contributed by atoms with E-state index in [1.54, 1.807) is 0 Å². The molecular weight excluding hydrogens is 475 g/mol. The average molecular weight is 508 g/mol. The fraction of sp³-hybridized carbons (Fsp3) is 0.435. The SMILES string of the molecule is CCNC(=NCc1cccc(CN2CCOC(C)C2)c1)NCc1ccccc1.I. The van der Waals surface area contributed by atoms with Crippen LogP contribution in [-0.4, -0.2) is 43.2 Å². The van der Waals surface area contributed by atoms with Crippen LogP contribution in [0.15, 0.2) is 59.6 Å². The molecule has 1 unspecified atom stereocenters. The Morgan fingerprint density at radius 2 is 1.83 bits per heavy atom. The normalized spacial score (nSPS) is 17.4. The molecule has 0 bridgehead atoms. The Hall–Kier alpha value is -1.64. The van der Waals surface area contributed by atoms with E-state index < -0.39 is 0 Å². The second-order valence-electron chi connectivity index (χ2n) is 7.27. The molecule has 0 amide bonds. The van der Waals surface area contributed by atoms with Gasteiger partial charge in [0, 0.05) is 32.7 Å². The van der Waals surface area contributed by atoms with Gasteiger partial charge in [-0.1, -0.05) is 54.6 Å². The van der Waals surface area contributed by atoms with E-state index in [0.717, 1.165) is 45.3 Å². The van der Waals surface area contributed by atoms with Crippen LogP contribution in [0.1, 0.15) is 30.5 Å². The fourth-order valence-electron chi connectivity index (χ4n) is 3.41. The highest BCUT2D eigenvalue weighted by Gasteiger charge is 2.16. The van der Waals surface area contributed by atoms with Gasteiger partial charge in [-0.15, -0.1) is 24.0 Å². The molecule has 1 saturated heterocycles. The average Bonchev–Trinajstić information content (AvgIpc) is 2.71. The van der Waals surface area contributed by atoms with Gasteiger partial charge in [0.15, 0.2) is 5.96 Å². The van der Waals surface area contributed by atoms with E-state index in [1.807, 2.05) is 6.07 Å². The number of aliphatic imine (C=N–C) groups is 1. The lowest BCUT2D eigenvalue weighted by Crippen LogP contribution is -2.40. The topological polar surface area (TPSA) is 48.9 Å². The highest BCUT2D eigenvalue weighted by atomic mass is 127. The minimum atomic E-state index is 0. The lowest BCUT2D eigenvalue weighted by molar-refractivity contribution is -0.0212. The highest BCUT2D eigenvalue weighted by molar-refractivity contribution is 14.0. The van der Waals surface area contributed by atoms with E-state index >= 15 is 0 Å². The molecule has 0 saturated carbocycles. The molecule has 1 aliphatic heterocycles. The number of rotatable bonds is 7. The van der Waals surface area contributed by atoms with Crippen LogP contribution < -0.4 is 10.6 Å². The molecule has 5 nitrogen and oxygen atoms in total. The molecule has 1 aliphatic rings. The number of morpholine rings is 1. The smallest absolute Gasteiger partial charge is 0.191 e. The van der Waals surface area contributed by atoms with Gasteiger partial charge >= 0.3 is 0 Å². The minimum absolute atomic E-state index is 0. The molecule has 158 valence electrons. The van der Waals surface area contributed by atoms with E-state index in [4.69, 9.17) is 9.73 Å². The standard InChI is InChI=1S/C23H32N4O.HI/c1-3-24-23(25-15-20-8-5-4-6-9-20)26-16-21-10-7-11-22(14-21)18-27-12-13-28-19(2)17-27;/h4-11,14,19H,3,12-13,15-18H2,1-2H3,(H2,24,25,26);1H. The van der Waals surface area contributed by atoms with Crippen molar-refractivity contribution in [2.24, 2.45) is 4.99 Å². The maximum absolute atomic E-state index is 5.64. The summed E-state index contributed by atoms with van der Waals surface area (Å²) < 4.78 is 5.64. The third kappa shape index (κ3) is 8.32. The van der Waals surface area contributed by atoms with Crippen LogP contribution in [0.4, 0.5) is 0 Å². The Kier molecular flexibility index (Phi) is 10.5. The molecule has 1 atom stereocenters. The summed E-state index contributed by atoms with van der Waals surface area (Å²) in [6.45, 7) is 10.3. The summed E-state index contributed by atoms with van der Waals surface area (Å²) in [7, 11) is 0. The molecule has 0 aromatic heterocycles. The molecule has 1 fully saturated rings. The van der Waals surface area contributed by atoms with Crippen LogP contribution in [-0.2, 0) is 24.4 Å². The van der Waals surface area contributed by atoms with Gasteiger partial charge in [0.05, 0.1) is 19.3 Å². The van der Waals surface area contributed by atoms with Crippen molar-refractivity contribution in [3.63, 3.8) is 0 Å². The van der Waals surface area contributed by atoms with Gasteiger partial charge in [-0.25, -0.2) is 4.99 Å². The van der Waals surface area contributed by atoms with Crippen molar-refractivity contribution in [1.82, 2.24) is 15.5 Å². The maximum atomic E-state index is 5.64. The first-order valence-corrected chi connectivity index (χ1v) is 10.2. The van der Waals surface area contributed by atoms with Gasteiger partial charge in [0.2, 0.25) is 0 Å². The molecular formula is C23H33IN4O. The predicted molar refractivity (Wildman–Crippen MR) is 131 cm³/mol. The zero-order valence-corrected chi connectivity index (χ0v) is 19.8. The van der Waals surface area contributed by atoms with E-state index in [-0.39, 0.29) is 24.0 Å². The number of halogens is 1. The molecule has 3 rings (SSSR count). The lowest BCUT2D eigenvalue weighted by Gasteiger charge is -2.31. The van der Waals surface area contributed by atoms with Gasteiger partial charge in [-0.05, 0) is 30.5 Å². The van der Waals surface area contributed by atoms with Gasteiger partial charge < -0.3 is 15.4 Å². The number of hydrogen-bond donors (Lipinski definition) is 2. The van der Waals surface area contributed by atoms with Gasteiger partial charge in [0.1, 0.15) is 0 Å². The van der Waals surface area contributed by atoms with Crippen molar-refractivity contribution in [1.29, 1.82) is 0 Å². The summed E-state index contributed by atoms with van der Waals surface area (Å²) in [6, 6.07) is 19.1. The molecule has 1 heterocycles. The van der Waals surface area contributed by atoms with E-state index in [0.29, 0.717) is 12.6 Å². The second-order valence-corrected chi connectivity index (χ2v) is 7.27. The first-order chi connectivity index (χ1) is 13.7. The van der Waals surface area contributed by atoms with Crippen LogP contribution in [0.25, 0.3) is 0 Å². The Balaban J connectivity index is 0.00000300. The second kappa shape index (κ2) is 12.8. The first-order valence-electron chi connectivity index (χ1n) is 10.2. The van der Waals surface area contributed by atoms with Crippen molar-refractivity contribution in [2.75, 3.05) is 26.2 Å². The first kappa shape index (κ1) is 23.6. The van der Waals surface area contributed by atoms with E-state index in [2.05, 4.69) is 77.9 Å². The molecule has 29 heavy (non-hydrogen) atoms. The van der Waals surface area contributed by atoms with E-state index in [1.165, 1.54) is 16.7 Å². The predicted octanol–water partition coefficient (Wildman–Crippen LogP) is 3.78. The summed E-state index contributed by atoms with van der Waals surface area (Å²) in [5, 5.41) is 6.73. The van der Waals surface area contributed by atoms with Crippen molar-refractivity contribution in [3.05, 3.63) is 71.3 Å². The molecule has 2 N–H and O–H groups in total. The Labute approximate surface area is 192 Å². The minimum Gasteiger partial charge on any atom is -0.376 e. The number of nitrogens with one attached hydrogen (secondary N) is 2. The Morgan fingerprint density at radius 1 is 1.07 bits per heavy atom. The summed E-state index contributed by atoms with van der Waals surface area (Å²) in [5.74, 6) is 0.846. The van der Waals surface area contributed by atoms with Gasteiger partial charge in [-0.2, -0.15) is 0 Å². The van der Waals surface area contributed by atoms with Crippen molar-refractivity contribution in [2.45, 2.75) is 39.6 Å². The van der Waals surface area contributed by atoms with Crippen LogP contribution in [0.2, 0.25) is 0 Å². The van der Waals surface area contributed by atoms with Crippen molar-refractivity contribution >= 4 is 29.9 Å². The largest absolute Gasteiger partial charge is 0.376 e. The summed E-state index contributed by atoms with van der Waals surface area (Å²) in [5.41, 5.74) is 3.81. The monoisotopic (exact) mass is 508 g/mol. The number of guanidine groups is 1. The Morgan fingerprint density at radius 3 is 2.59 bits per heavy atom. The molecule has 2 aromatic carbocycles. The maximum Gasteiger partial charge on any atom is 0.191 e. The lowest BCUT2D eigenvalue weighted by atomic mass is 10.1.